The van der Waals surface area contributed by atoms with Crippen molar-refractivity contribution >= 4 is 11.7 Å². The van der Waals surface area contributed by atoms with Crippen LogP contribution in [0.2, 0.25) is 0 Å². The highest BCUT2D eigenvalue weighted by atomic mass is 16.5. The van der Waals surface area contributed by atoms with Crippen molar-refractivity contribution in [2.45, 2.75) is 12.6 Å². The number of anilines is 1. The summed E-state index contributed by atoms with van der Waals surface area (Å²) < 4.78 is 0. The Labute approximate surface area is 133 Å². The van der Waals surface area contributed by atoms with Gasteiger partial charge in [0.1, 0.15) is 19.1 Å². The Kier molecular flexibility index (Phi) is 3.98. The van der Waals surface area contributed by atoms with Crippen LogP contribution >= 0.6 is 0 Å². The van der Waals surface area contributed by atoms with Crippen molar-refractivity contribution in [1.29, 1.82) is 5.26 Å². The topological polar surface area (TPSA) is 101 Å². The Morgan fingerprint density at radius 1 is 1.35 bits per heavy atom. The molecule has 6 nitrogen and oxygen atoms in total. The normalized spacial score (nSPS) is 19.8. The lowest BCUT2D eigenvalue weighted by atomic mass is 10.0. The third-order valence-electron chi connectivity index (χ3n) is 3.92. The minimum absolute atomic E-state index is 0.0335. The lowest BCUT2D eigenvalue weighted by Crippen LogP contribution is -3.06. The molecule has 3 N–H and O–H groups in total. The summed E-state index contributed by atoms with van der Waals surface area (Å²) in [7, 11) is 0. The Balaban J connectivity index is 1.96. The van der Waals surface area contributed by atoms with Gasteiger partial charge in [0.2, 0.25) is 0 Å². The number of nitrogens with one attached hydrogen (secondary N) is 2. The molecule has 0 fully saturated rings. The Bertz CT molecular complexity index is 798. The van der Waals surface area contributed by atoms with Gasteiger partial charge in [-0.2, -0.15) is 5.26 Å². The molecule has 1 heterocycles. The van der Waals surface area contributed by atoms with Crippen molar-refractivity contribution in [1.82, 2.24) is 0 Å². The molecule has 0 saturated carbocycles. The molecule has 0 aliphatic carbocycles. The maximum atomic E-state index is 12.2. The van der Waals surface area contributed by atoms with Crippen molar-refractivity contribution in [3.63, 3.8) is 0 Å². The van der Waals surface area contributed by atoms with Crippen LogP contribution in [0.15, 0.2) is 42.5 Å². The van der Waals surface area contributed by atoms with Crippen LogP contribution in [0.25, 0.3) is 0 Å². The van der Waals surface area contributed by atoms with Gasteiger partial charge in [0.15, 0.2) is 0 Å². The van der Waals surface area contributed by atoms with E-state index in [9.17, 15) is 10.0 Å². The molecule has 3 rings (SSSR count). The van der Waals surface area contributed by atoms with Crippen LogP contribution in [-0.4, -0.2) is 17.6 Å². The summed E-state index contributed by atoms with van der Waals surface area (Å²) >= 11 is 0. The minimum atomic E-state index is -1.01. The molecule has 116 valence electrons. The summed E-state index contributed by atoms with van der Waals surface area (Å²) in [5, 5.41) is 33.6. The number of nitrogens with zero attached hydrogens (tertiary/aromatic N) is 1. The predicted molar refractivity (Wildman–Crippen MR) is 83.8 cm³/mol. The number of rotatable bonds is 2. The van der Waals surface area contributed by atoms with Crippen LogP contribution in [0.5, 0.6) is 0 Å². The smallest absolute Gasteiger partial charge is 0.335 e. The Morgan fingerprint density at radius 3 is 2.91 bits per heavy atom. The van der Waals surface area contributed by atoms with E-state index in [4.69, 9.17) is 10.4 Å². The van der Waals surface area contributed by atoms with E-state index in [2.05, 4.69) is 11.4 Å². The lowest BCUT2D eigenvalue weighted by molar-refractivity contribution is -0.863. The maximum absolute atomic E-state index is 12.2. The zero-order valence-electron chi connectivity index (χ0n) is 12.2. The molecule has 0 spiro atoms. The van der Waals surface area contributed by atoms with Gasteiger partial charge in [0, 0.05) is 11.3 Å². The van der Waals surface area contributed by atoms with E-state index in [0.717, 1.165) is 11.3 Å². The number of fused-ring (bicyclic) bond motifs is 1. The van der Waals surface area contributed by atoms with E-state index in [1.807, 2.05) is 6.07 Å². The summed E-state index contributed by atoms with van der Waals surface area (Å²) in [6.07, 6.45) is 0. The van der Waals surface area contributed by atoms with E-state index in [0.29, 0.717) is 17.7 Å². The highest BCUT2D eigenvalue weighted by Crippen LogP contribution is 2.25. The van der Waals surface area contributed by atoms with Gasteiger partial charge in [-0.05, 0) is 35.9 Å². The zero-order valence-corrected chi connectivity index (χ0v) is 12.2. The highest BCUT2D eigenvalue weighted by Gasteiger charge is 2.22. The first-order valence-electron chi connectivity index (χ1n) is 7.21. The average molecular weight is 309 g/mol. The lowest BCUT2D eigenvalue weighted by Gasteiger charge is -2.24. The van der Waals surface area contributed by atoms with E-state index < -0.39 is 5.97 Å². The quantitative estimate of drug-likeness (QED) is 0.726. The maximum Gasteiger partial charge on any atom is 0.335 e. The third kappa shape index (κ3) is 3.16. The molecule has 1 aliphatic rings. The minimum Gasteiger partial charge on any atom is -0.634 e. The van der Waals surface area contributed by atoms with E-state index in [1.165, 1.54) is 12.1 Å². The standard InChI is InChI=1S/C17H15N3O3/c18-8-11-2-1-3-12(6-11)16-10-20(23)9-14-7-13(17(21)22)4-5-15(14)19-16/h1-7,16,19-20H,9-10H2,(H,21,22). The fraction of sp³-hybridized carbons (Fsp3) is 0.176. The molecule has 2 aromatic carbocycles. The molecular weight excluding hydrogens is 294 g/mol. The largest absolute Gasteiger partial charge is 0.634 e. The molecule has 2 atom stereocenters. The summed E-state index contributed by atoms with van der Waals surface area (Å²) in [5.41, 5.74) is 3.03. The number of carboxylic acids is 1. The number of hydrogen-bond acceptors (Lipinski definition) is 4. The van der Waals surface area contributed by atoms with E-state index >= 15 is 0 Å². The van der Waals surface area contributed by atoms with Gasteiger partial charge >= 0.3 is 5.97 Å². The van der Waals surface area contributed by atoms with Crippen LogP contribution in [0.4, 0.5) is 5.69 Å². The molecule has 0 bridgehead atoms. The van der Waals surface area contributed by atoms with Crippen LogP contribution in [-0.2, 0) is 6.54 Å². The van der Waals surface area contributed by atoms with Gasteiger partial charge in [-0.25, -0.2) is 4.79 Å². The summed E-state index contributed by atoms with van der Waals surface area (Å²) in [6, 6.07) is 13.8. The van der Waals surface area contributed by atoms with Gasteiger partial charge in [0.25, 0.3) is 0 Å². The van der Waals surface area contributed by atoms with Crippen molar-refractivity contribution in [2.24, 2.45) is 0 Å². The van der Waals surface area contributed by atoms with Gasteiger partial charge in [-0.15, -0.1) is 0 Å². The fourth-order valence-corrected chi connectivity index (χ4v) is 2.79. The highest BCUT2D eigenvalue weighted by molar-refractivity contribution is 5.88. The second kappa shape index (κ2) is 6.08. The van der Waals surface area contributed by atoms with Gasteiger partial charge in [-0.3, -0.25) is 0 Å². The van der Waals surface area contributed by atoms with Crippen molar-refractivity contribution < 1.29 is 15.0 Å². The molecule has 0 radical (unpaired) electrons. The number of carboxylic acid groups (broad SMARTS) is 1. The average Bonchev–Trinajstić information content (AvgIpc) is 2.72. The second-order valence-corrected chi connectivity index (χ2v) is 5.53. The monoisotopic (exact) mass is 309 g/mol. The number of hydroxylamine groups is 2. The molecule has 2 aromatic rings. The van der Waals surface area contributed by atoms with Gasteiger partial charge in [0.05, 0.1) is 17.2 Å². The summed E-state index contributed by atoms with van der Waals surface area (Å²) in [5.74, 6) is -1.01. The number of carbonyl (C=O) groups is 1. The Hall–Kier alpha value is -2.88. The number of hydrogen-bond donors (Lipinski definition) is 3. The van der Waals surface area contributed by atoms with Crippen LogP contribution in [0.3, 0.4) is 0 Å². The fourth-order valence-electron chi connectivity index (χ4n) is 2.79. The summed E-state index contributed by atoms with van der Waals surface area (Å²) in [6.45, 7) is 0.504. The zero-order chi connectivity index (χ0) is 16.4. The van der Waals surface area contributed by atoms with Crippen molar-refractivity contribution in [2.75, 3.05) is 11.9 Å². The molecular formula is C17H15N3O3. The second-order valence-electron chi connectivity index (χ2n) is 5.53. The molecule has 0 aromatic heterocycles. The Morgan fingerprint density at radius 2 is 2.17 bits per heavy atom. The van der Waals surface area contributed by atoms with Crippen molar-refractivity contribution in [3.8, 4) is 6.07 Å². The van der Waals surface area contributed by atoms with Crippen LogP contribution in [0.1, 0.15) is 33.1 Å². The first-order valence-corrected chi connectivity index (χ1v) is 7.21. The van der Waals surface area contributed by atoms with Gasteiger partial charge < -0.3 is 20.7 Å². The van der Waals surface area contributed by atoms with E-state index in [-0.39, 0.29) is 23.2 Å². The number of aromatic carboxylic acids is 1. The third-order valence-corrected chi connectivity index (χ3v) is 3.92. The SMILES string of the molecule is N#Cc1cccc(C2C[NH+]([O-])Cc3cc(C(=O)O)ccc3N2)c1. The molecule has 6 heteroatoms. The number of nitriles is 1. The predicted octanol–water partition coefficient (Wildman–Crippen LogP) is 1.31. The number of benzene rings is 2. The number of quaternary nitrogens is 1. The van der Waals surface area contributed by atoms with Crippen molar-refractivity contribution in [3.05, 3.63) is 69.9 Å². The van der Waals surface area contributed by atoms with Gasteiger partial charge in [-0.1, -0.05) is 12.1 Å². The molecule has 2 unspecified atom stereocenters. The first-order chi connectivity index (χ1) is 11.1. The molecule has 1 aliphatic heterocycles. The first kappa shape index (κ1) is 15.0. The molecule has 0 amide bonds. The summed E-state index contributed by atoms with van der Waals surface area (Å²) in [4.78, 5) is 11.1. The molecule has 23 heavy (non-hydrogen) atoms. The molecule has 0 saturated heterocycles. The van der Waals surface area contributed by atoms with Crippen LogP contribution < -0.4 is 10.4 Å². The van der Waals surface area contributed by atoms with Crippen LogP contribution in [0, 0.1) is 16.5 Å². The van der Waals surface area contributed by atoms with E-state index in [1.54, 1.807) is 24.3 Å².